The topological polar surface area (TPSA) is 71.1 Å². The summed E-state index contributed by atoms with van der Waals surface area (Å²) in [5.74, 6) is 0.0538. The molecule has 0 bridgehead atoms. The van der Waals surface area contributed by atoms with Gasteiger partial charge in [0.1, 0.15) is 5.01 Å². The van der Waals surface area contributed by atoms with Gasteiger partial charge in [-0.15, -0.1) is 11.3 Å². The molecule has 1 heterocycles. The van der Waals surface area contributed by atoms with Crippen LogP contribution in [0.25, 0.3) is 16.3 Å². The van der Waals surface area contributed by atoms with Gasteiger partial charge in [0.25, 0.3) is 0 Å². The van der Waals surface area contributed by atoms with E-state index in [1.165, 1.54) is 6.08 Å². The first kappa shape index (κ1) is 19.3. The molecule has 0 unspecified atom stereocenters. The minimum Gasteiger partial charge on any atom is -0.348 e. The number of nitrogens with one attached hydrogen (secondary N) is 2. The van der Waals surface area contributed by atoms with Crippen LogP contribution in [-0.2, 0) is 16.1 Å². The van der Waals surface area contributed by atoms with Crippen molar-refractivity contribution in [2.45, 2.75) is 32.2 Å². The standard InChI is InChI=1S/C23H23N3O2S/c27-21(12-13-22-26-19-10-3-4-11-20(19)29-22)24-15-16-6-5-9-18(14-16)25-23(28)17-7-1-2-8-17/h3-6,9-14,17H,1-2,7-8,15H2,(H,24,27)(H,25,28). The summed E-state index contributed by atoms with van der Waals surface area (Å²) in [4.78, 5) is 28.9. The quantitative estimate of drug-likeness (QED) is 0.581. The third kappa shape index (κ3) is 5.09. The van der Waals surface area contributed by atoms with Crippen LogP contribution in [0, 0.1) is 5.92 Å². The third-order valence-electron chi connectivity index (χ3n) is 5.07. The Labute approximate surface area is 173 Å². The fraction of sp³-hybridized carbons (Fsp3) is 0.261. The number of amides is 2. The Balaban J connectivity index is 1.31. The molecule has 2 aromatic carbocycles. The van der Waals surface area contributed by atoms with Crippen molar-refractivity contribution in [1.82, 2.24) is 10.3 Å². The summed E-state index contributed by atoms with van der Waals surface area (Å²) < 4.78 is 1.10. The number of nitrogens with zero attached hydrogens (tertiary/aromatic N) is 1. The molecule has 2 N–H and O–H groups in total. The monoisotopic (exact) mass is 405 g/mol. The lowest BCUT2D eigenvalue weighted by molar-refractivity contribution is -0.119. The highest BCUT2D eigenvalue weighted by Gasteiger charge is 2.22. The molecule has 0 aliphatic heterocycles. The molecule has 0 atom stereocenters. The highest BCUT2D eigenvalue weighted by molar-refractivity contribution is 7.19. The number of aromatic nitrogens is 1. The molecule has 1 aromatic heterocycles. The normalized spacial score (nSPS) is 14.5. The molecular formula is C23H23N3O2S. The van der Waals surface area contributed by atoms with E-state index in [1.807, 2.05) is 48.5 Å². The average molecular weight is 406 g/mol. The van der Waals surface area contributed by atoms with Crippen LogP contribution in [0.4, 0.5) is 5.69 Å². The number of rotatable bonds is 6. The predicted octanol–water partition coefficient (Wildman–Crippen LogP) is 4.75. The molecular weight excluding hydrogens is 382 g/mol. The maximum Gasteiger partial charge on any atom is 0.244 e. The van der Waals surface area contributed by atoms with Crippen molar-refractivity contribution < 1.29 is 9.59 Å². The molecule has 0 radical (unpaired) electrons. The Bertz CT molecular complexity index is 1020. The van der Waals surface area contributed by atoms with E-state index >= 15 is 0 Å². The Kier molecular flexibility index (Phi) is 6.00. The van der Waals surface area contributed by atoms with Crippen molar-refractivity contribution in [3.05, 3.63) is 65.2 Å². The summed E-state index contributed by atoms with van der Waals surface area (Å²) in [6.07, 6.45) is 7.45. The van der Waals surface area contributed by atoms with Crippen LogP contribution in [0.2, 0.25) is 0 Å². The first-order valence-corrected chi connectivity index (χ1v) is 10.7. The van der Waals surface area contributed by atoms with Crippen LogP contribution >= 0.6 is 11.3 Å². The number of hydrogen-bond donors (Lipinski definition) is 2. The van der Waals surface area contributed by atoms with Crippen molar-refractivity contribution in [2.24, 2.45) is 5.92 Å². The van der Waals surface area contributed by atoms with Crippen LogP contribution in [0.1, 0.15) is 36.3 Å². The molecule has 148 valence electrons. The zero-order valence-corrected chi connectivity index (χ0v) is 16.9. The molecule has 1 aliphatic carbocycles. The summed E-state index contributed by atoms with van der Waals surface area (Å²) >= 11 is 1.55. The lowest BCUT2D eigenvalue weighted by Gasteiger charge is -2.11. The van der Waals surface area contributed by atoms with Gasteiger partial charge in [0.05, 0.1) is 10.2 Å². The molecule has 1 aliphatic rings. The fourth-order valence-corrected chi connectivity index (χ4v) is 4.42. The minimum absolute atomic E-state index is 0.0995. The van der Waals surface area contributed by atoms with E-state index < -0.39 is 0 Å². The molecule has 29 heavy (non-hydrogen) atoms. The van der Waals surface area contributed by atoms with E-state index in [2.05, 4.69) is 15.6 Å². The summed E-state index contributed by atoms with van der Waals surface area (Å²) in [5, 5.41) is 6.68. The van der Waals surface area contributed by atoms with Crippen LogP contribution in [0.3, 0.4) is 0 Å². The smallest absolute Gasteiger partial charge is 0.244 e. The van der Waals surface area contributed by atoms with E-state index in [0.717, 1.165) is 52.2 Å². The molecule has 0 spiro atoms. The predicted molar refractivity (Wildman–Crippen MR) is 118 cm³/mol. The van der Waals surface area contributed by atoms with E-state index in [-0.39, 0.29) is 17.7 Å². The molecule has 1 fully saturated rings. The van der Waals surface area contributed by atoms with Gasteiger partial charge in [0.2, 0.25) is 11.8 Å². The van der Waals surface area contributed by atoms with Crippen LogP contribution in [-0.4, -0.2) is 16.8 Å². The third-order valence-corrected chi connectivity index (χ3v) is 6.08. The maximum atomic E-state index is 12.3. The number of carbonyl (C=O) groups excluding carboxylic acids is 2. The van der Waals surface area contributed by atoms with Gasteiger partial charge in [-0.3, -0.25) is 9.59 Å². The fourth-order valence-electron chi connectivity index (χ4n) is 3.55. The highest BCUT2D eigenvalue weighted by atomic mass is 32.1. The van der Waals surface area contributed by atoms with Crippen molar-refractivity contribution in [3.8, 4) is 0 Å². The molecule has 1 saturated carbocycles. The zero-order valence-electron chi connectivity index (χ0n) is 16.1. The van der Waals surface area contributed by atoms with Crippen molar-refractivity contribution >= 4 is 45.1 Å². The van der Waals surface area contributed by atoms with Crippen LogP contribution in [0.5, 0.6) is 0 Å². The van der Waals surface area contributed by atoms with Gasteiger partial charge in [-0.1, -0.05) is 37.1 Å². The summed E-state index contributed by atoms with van der Waals surface area (Å²) in [5.41, 5.74) is 2.66. The largest absolute Gasteiger partial charge is 0.348 e. The molecule has 5 nitrogen and oxygen atoms in total. The number of benzene rings is 2. The minimum atomic E-state index is -0.176. The zero-order chi connectivity index (χ0) is 20.1. The summed E-state index contributed by atoms with van der Waals surface area (Å²) in [6.45, 7) is 0.399. The van der Waals surface area contributed by atoms with Crippen molar-refractivity contribution in [3.63, 3.8) is 0 Å². The number of anilines is 1. The second-order valence-corrected chi connectivity index (χ2v) is 8.30. The van der Waals surface area contributed by atoms with E-state index in [0.29, 0.717) is 6.54 Å². The number of thiazole rings is 1. The lowest BCUT2D eigenvalue weighted by atomic mass is 10.1. The van der Waals surface area contributed by atoms with Gasteiger partial charge in [-0.2, -0.15) is 0 Å². The van der Waals surface area contributed by atoms with E-state index in [9.17, 15) is 9.59 Å². The number of hydrogen-bond acceptors (Lipinski definition) is 4. The molecule has 4 rings (SSSR count). The Morgan fingerprint density at radius 3 is 2.76 bits per heavy atom. The Morgan fingerprint density at radius 2 is 1.93 bits per heavy atom. The van der Waals surface area contributed by atoms with Gasteiger partial charge >= 0.3 is 0 Å². The number of fused-ring (bicyclic) bond motifs is 1. The van der Waals surface area contributed by atoms with Gasteiger partial charge in [-0.25, -0.2) is 4.98 Å². The van der Waals surface area contributed by atoms with E-state index in [4.69, 9.17) is 0 Å². The number of carbonyl (C=O) groups is 2. The molecule has 6 heteroatoms. The molecule has 2 amide bonds. The first-order valence-electron chi connectivity index (χ1n) is 9.89. The highest BCUT2D eigenvalue weighted by Crippen LogP contribution is 2.26. The Hall–Kier alpha value is -2.99. The first-order chi connectivity index (χ1) is 14.2. The summed E-state index contributed by atoms with van der Waals surface area (Å²) in [7, 11) is 0. The summed E-state index contributed by atoms with van der Waals surface area (Å²) in [6, 6.07) is 15.5. The maximum absolute atomic E-state index is 12.3. The lowest BCUT2D eigenvalue weighted by Crippen LogP contribution is -2.21. The van der Waals surface area contributed by atoms with Gasteiger partial charge in [0.15, 0.2) is 0 Å². The average Bonchev–Trinajstić information content (AvgIpc) is 3.40. The van der Waals surface area contributed by atoms with Crippen LogP contribution in [0.15, 0.2) is 54.6 Å². The SMILES string of the molecule is O=C(C=Cc1nc2ccccc2s1)NCc1cccc(NC(=O)C2CCCC2)c1. The van der Waals surface area contributed by atoms with Gasteiger partial charge in [-0.05, 0) is 48.7 Å². The molecule has 3 aromatic rings. The van der Waals surface area contributed by atoms with Crippen molar-refractivity contribution in [1.29, 1.82) is 0 Å². The second kappa shape index (κ2) is 9.01. The molecule has 0 saturated heterocycles. The van der Waals surface area contributed by atoms with Crippen LogP contribution < -0.4 is 10.6 Å². The van der Waals surface area contributed by atoms with Crippen molar-refractivity contribution in [2.75, 3.05) is 5.32 Å². The number of para-hydroxylation sites is 1. The Morgan fingerprint density at radius 1 is 1.10 bits per heavy atom. The van der Waals surface area contributed by atoms with Gasteiger partial charge in [0, 0.05) is 24.2 Å². The second-order valence-electron chi connectivity index (χ2n) is 7.24. The van der Waals surface area contributed by atoms with Gasteiger partial charge < -0.3 is 10.6 Å². The van der Waals surface area contributed by atoms with E-state index in [1.54, 1.807) is 17.4 Å².